The predicted octanol–water partition coefficient (Wildman–Crippen LogP) is 1.51. The minimum absolute atomic E-state index is 0.0203. The van der Waals surface area contributed by atoms with Crippen molar-refractivity contribution in [2.75, 3.05) is 0 Å². The van der Waals surface area contributed by atoms with E-state index < -0.39 is 29.7 Å². The number of carboxylic acid groups (broad SMARTS) is 1. The molecule has 0 aliphatic carbocycles. The number of carboxylic acids is 1. The van der Waals surface area contributed by atoms with Crippen LogP contribution in [0.5, 0.6) is 11.5 Å². The number of carbonyl (C=O) groups excluding carboxylic acids is 2. The lowest BCUT2D eigenvalue weighted by molar-refractivity contribution is -0.155. The normalized spacial score (nSPS) is 19.1. The van der Waals surface area contributed by atoms with Crippen molar-refractivity contribution < 1.29 is 29.7 Å². The standard InChI is InChI=1S/C17H21NO6/c1-9(2)5-13(17(23)24)18-15(21)7-11(16(18)22)6-10-3-4-12(19)8-14(10)20/h3-4,8-9,11,13,19-20H,5-7H2,1-2H3,(H,23,24). The smallest absolute Gasteiger partial charge is 0.326 e. The highest BCUT2D eigenvalue weighted by molar-refractivity contribution is 6.06. The molecule has 0 spiro atoms. The molecule has 1 fully saturated rings. The molecule has 7 nitrogen and oxygen atoms in total. The molecule has 1 aromatic rings. The molecule has 0 bridgehead atoms. The van der Waals surface area contributed by atoms with Gasteiger partial charge in [-0.05, 0) is 30.4 Å². The second-order valence-corrected chi connectivity index (χ2v) is 6.50. The molecule has 1 heterocycles. The Hall–Kier alpha value is -2.57. The van der Waals surface area contributed by atoms with Gasteiger partial charge in [0.15, 0.2) is 0 Å². The Balaban J connectivity index is 2.20. The van der Waals surface area contributed by atoms with Gasteiger partial charge >= 0.3 is 5.97 Å². The fourth-order valence-electron chi connectivity index (χ4n) is 2.96. The number of hydrogen-bond acceptors (Lipinski definition) is 5. The zero-order chi connectivity index (χ0) is 18.0. The molecule has 0 aromatic heterocycles. The number of phenols is 2. The fraction of sp³-hybridized carbons (Fsp3) is 0.471. The van der Waals surface area contributed by atoms with E-state index in [4.69, 9.17) is 0 Å². The van der Waals surface area contributed by atoms with Crippen LogP contribution in [0.4, 0.5) is 0 Å². The second-order valence-electron chi connectivity index (χ2n) is 6.50. The molecule has 1 aliphatic heterocycles. The van der Waals surface area contributed by atoms with Gasteiger partial charge in [0.1, 0.15) is 17.5 Å². The molecule has 1 aromatic carbocycles. The summed E-state index contributed by atoms with van der Waals surface area (Å²) >= 11 is 0. The maximum atomic E-state index is 12.5. The topological polar surface area (TPSA) is 115 Å². The molecule has 24 heavy (non-hydrogen) atoms. The molecule has 3 N–H and O–H groups in total. The molecular formula is C17H21NO6. The first kappa shape index (κ1) is 17.8. The van der Waals surface area contributed by atoms with Crippen LogP contribution in [0.15, 0.2) is 18.2 Å². The number of aromatic hydroxyl groups is 2. The van der Waals surface area contributed by atoms with E-state index in [1.54, 1.807) is 0 Å². The summed E-state index contributed by atoms with van der Waals surface area (Å²) in [5.41, 5.74) is 0.427. The van der Waals surface area contributed by atoms with Gasteiger partial charge in [-0.3, -0.25) is 14.5 Å². The summed E-state index contributed by atoms with van der Waals surface area (Å²) < 4.78 is 0. The van der Waals surface area contributed by atoms with Crippen LogP contribution < -0.4 is 0 Å². The average Bonchev–Trinajstić information content (AvgIpc) is 2.74. The van der Waals surface area contributed by atoms with Gasteiger partial charge in [0.25, 0.3) is 0 Å². The van der Waals surface area contributed by atoms with Crippen LogP contribution in [0.1, 0.15) is 32.3 Å². The number of benzene rings is 1. The number of hydrogen-bond donors (Lipinski definition) is 3. The molecular weight excluding hydrogens is 314 g/mol. The Morgan fingerprint density at radius 3 is 2.50 bits per heavy atom. The second kappa shape index (κ2) is 6.90. The summed E-state index contributed by atoms with van der Waals surface area (Å²) in [5.74, 6) is -3.18. The summed E-state index contributed by atoms with van der Waals surface area (Å²) in [6, 6.07) is 2.86. The van der Waals surface area contributed by atoms with Crippen molar-refractivity contribution in [1.29, 1.82) is 0 Å². The van der Waals surface area contributed by atoms with Crippen LogP contribution in [-0.4, -0.2) is 44.0 Å². The van der Waals surface area contributed by atoms with Crippen molar-refractivity contribution in [2.45, 2.75) is 39.2 Å². The maximum Gasteiger partial charge on any atom is 0.326 e. The van der Waals surface area contributed by atoms with Gasteiger partial charge in [-0.25, -0.2) is 4.79 Å². The van der Waals surface area contributed by atoms with E-state index >= 15 is 0 Å². The molecule has 0 saturated carbocycles. The number of phenolic OH excluding ortho intramolecular Hbond substituents is 2. The van der Waals surface area contributed by atoms with E-state index in [0.717, 1.165) is 11.0 Å². The number of rotatable bonds is 6. The van der Waals surface area contributed by atoms with Gasteiger partial charge in [-0.1, -0.05) is 19.9 Å². The van der Waals surface area contributed by atoms with Crippen LogP contribution in [-0.2, 0) is 20.8 Å². The first-order valence-electron chi connectivity index (χ1n) is 7.80. The highest BCUT2D eigenvalue weighted by Crippen LogP contribution is 2.31. The quantitative estimate of drug-likeness (QED) is 0.679. The van der Waals surface area contributed by atoms with E-state index in [2.05, 4.69) is 0 Å². The lowest BCUT2D eigenvalue weighted by Gasteiger charge is -2.24. The number of carbonyl (C=O) groups is 3. The third kappa shape index (κ3) is 3.67. The predicted molar refractivity (Wildman–Crippen MR) is 84.3 cm³/mol. The number of likely N-dealkylation sites (tertiary alicyclic amines) is 1. The number of amides is 2. The van der Waals surface area contributed by atoms with E-state index in [-0.39, 0.29) is 36.7 Å². The Bertz CT molecular complexity index is 669. The third-order valence-corrected chi connectivity index (χ3v) is 4.10. The van der Waals surface area contributed by atoms with Gasteiger partial charge in [-0.15, -0.1) is 0 Å². The van der Waals surface area contributed by atoms with Crippen molar-refractivity contribution in [3.05, 3.63) is 23.8 Å². The zero-order valence-electron chi connectivity index (χ0n) is 13.6. The molecule has 2 unspecified atom stereocenters. The fourth-order valence-corrected chi connectivity index (χ4v) is 2.96. The number of aliphatic carboxylic acids is 1. The van der Waals surface area contributed by atoms with Crippen molar-refractivity contribution in [3.8, 4) is 11.5 Å². The van der Waals surface area contributed by atoms with Gasteiger partial charge in [0.05, 0.1) is 5.92 Å². The molecule has 1 aliphatic rings. The summed E-state index contributed by atoms with van der Waals surface area (Å²) in [4.78, 5) is 37.0. The lowest BCUT2D eigenvalue weighted by atomic mass is 9.97. The van der Waals surface area contributed by atoms with Crippen LogP contribution in [0, 0.1) is 11.8 Å². The van der Waals surface area contributed by atoms with Gasteiger partial charge < -0.3 is 15.3 Å². The first-order chi connectivity index (χ1) is 11.2. The number of imide groups is 1. The van der Waals surface area contributed by atoms with Gasteiger partial charge in [0.2, 0.25) is 11.8 Å². The van der Waals surface area contributed by atoms with E-state index in [9.17, 15) is 29.7 Å². The van der Waals surface area contributed by atoms with Crippen molar-refractivity contribution in [3.63, 3.8) is 0 Å². The minimum Gasteiger partial charge on any atom is -0.508 e. The summed E-state index contributed by atoms with van der Waals surface area (Å²) in [6.07, 6.45) is 0.228. The molecule has 1 saturated heterocycles. The summed E-state index contributed by atoms with van der Waals surface area (Å²) in [5, 5.41) is 28.5. The highest BCUT2D eigenvalue weighted by Gasteiger charge is 2.44. The molecule has 7 heteroatoms. The van der Waals surface area contributed by atoms with Gasteiger partial charge in [-0.2, -0.15) is 0 Å². The molecule has 130 valence electrons. The van der Waals surface area contributed by atoms with E-state index in [1.807, 2.05) is 13.8 Å². The molecule has 2 atom stereocenters. The van der Waals surface area contributed by atoms with Crippen LogP contribution >= 0.6 is 0 Å². The monoisotopic (exact) mass is 335 g/mol. The molecule has 2 amide bonds. The van der Waals surface area contributed by atoms with E-state index in [1.165, 1.54) is 12.1 Å². The molecule has 0 radical (unpaired) electrons. The third-order valence-electron chi connectivity index (χ3n) is 4.10. The first-order valence-corrected chi connectivity index (χ1v) is 7.80. The Kier molecular flexibility index (Phi) is 5.11. The molecule has 2 rings (SSSR count). The number of nitrogens with zero attached hydrogens (tertiary/aromatic N) is 1. The van der Waals surface area contributed by atoms with Crippen LogP contribution in [0.3, 0.4) is 0 Å². The minimum atomic E-state index is -1.20. The Morgan fingerprint density at radius 1 is 1.29 bits per heavy atom. The average molecular weight is 335 g/mol. The van der Waals surface area contributed by atoms with Gasteiger partial charge in [0, 0.05) is 12.5 Å². The van der Waals surface area contributed by atoms with Crippen molar-refractivity contribution in [1.82, 2.24) is 4.90 Å². The zero-order valence-corrected chi connectivity index (χ0v) is 13.6. The largest absolute Gasteiger partial charge is 0.508 e. The Morgan fingerprint density at radius 2 is 1.96 bits per heavy atom. The highest BCUT2D eigenvalue weighted by atomic mass is 16.4. The van der Waals surface area contributed by atoms with Crippen LogP contribution in [0.25, 0.3) is 0 Å². The van der Waals surface area contributed by atoms with Crippen molar-refractivity contribution >= 4 is 17.8 Å². The van der Waals surface area contributed by atoms with Crippen molar-refractivity contribution in [2.24, 2.45) is 11.8 Å². The lowest BCUT2D eigenvalue weighted by Crippen LogP contribution is -2.46. The SMILES string of the molecule is CC(C)CC(C(=O)O)N1C(=O)CC(Cc2ccc(O)cc2O)C1=O. The summed E-state index contributed by atoms with van der Waals surface area (Å²) in [7, 11) is 0. The Labute approximate surface area is 139 Å². The van der Waals surface area contributed by atoms with E-state index in [0.29, 0.717) is 5.56 Å². The summed E-state index contributed by atoms with van der Waals surface area (Å²) in [6.45, 7) is 3.65. The maximum absolute atomic E-state index is 12.5. The van der Waals surface area contributed by atoms with Crippen LogP contribution in [0.2, 0.25) is 0 Å².